The molecule has 26 heavy (non-hydrogen) atoms. The molecule has 0 unspecified atom stereocenters. The number of hydrogen-bond acceptors (Lipinski definition) is 7. The summed E-state index contributed by atoms with van der Waals surface area (Å²) in [6, 6.07) is 5.55. The van der Waals surface area contributed by atoms with E-state index in [9.17, 15) is 19.7 Å². The third-order valence-electron chi connectivity index (χ3n) is 4.04. The number of non-ortho nitro benzene ring substituents is 1. The van der Waals surface area contributed by atoms with Gasteiger partial charge in [-0.25, -0.2) is 0 Å². The highest BCUT2D eigenvalue weighted by molar-refractivity contribution is 6.04. The second-order valence-corrected chi connectivity index (χ2v) is 5.83. The summed E-state index contributed by atoms with van der Waals surface area (Å²) in [5, 5.41) is 17.2. The lowest BCUT2D eigenvalue weighted by Gasteiger charge is -2.19. The van der Waals surface area contributed by atoms with E-state index >= 15 is 0 Å². The summed E-state index contributed by atoms with van der Waals surface area (Å²) in [6.07, 6.45) is 0.0167. The smallest absolute Gasteiger partial charge is 0.273 e. The monoisotopic (exact) mass is 360 g/mol. The number of anilines is 2. The molecule has 3 rings (SSSR count). The molecule has 0 aliphatic carbocycles. The molecule has 1 aliphatic rings. The SMILES string of the molecule is COc1cc([N+](=O)[O-])ccc1N1C[C@@H](C(=O)Nc2cc(C)on2)CC1=O. The van der Waals surface area contributed by atoms with Crippen LogP contribution in [0.5, 0.6) is 5.75 Å². The number of hydrogen-bond donors (Lipinski definition) is 1. The molecule has 1 atom stereocenters. The predicted octanol–water partition coefficient (Wildman–Crippen LogP) is 1.89. The Labute approximate surface area is 147 Å². The molecule has 0 spiro atoms. The number of carbonyl (C=O) groups is 2. The summed E-state index contributed by atoms with van der Waals surface area (Å²) in [5.41, 5.74) is 0.239. The van der Waals surface area contributed by atoms with E-state index in [1.807, 2.05) is 0 Å². The number of amides is 2. The van der Waals surface area contributed by atoms with Crippen molar-refractivity contribution in [3.05, 3.63) is 40.1 Å². The van der Waals surface area contributed by atoms with Gasteiger partial charge in [-0.3, -0.25) is 19.7 Å². The Bertz CT molecular complexity index is 877. The summed E-state index contributed by atoms with van der Waals surface area (Å²) in [5.74, 6) is -0.171. The van der Waals surface area contributed by atoms with Crippen LogP contribution >= 0.6 is 0 Å². The van der Waals surface area contributed by atoms with E-state index in [-0.39, 0.29) is 42.0 Å². The fraction of sp³-hybridized carbons (Fsp3) is 0.312. The van der Waals surface area contributed by atoms with Gasteiger partial charge in [-0.15, -0.1) is 0 Å². The van der Waals surface area contributed by atoms with Gasteiger partial charge in [-0.1, -0.05) is 5.16 Å². The minimum Gasteiger partial charge on any atom is -0.494 e. The van der Waals surface area contributed by atoms with Crippen molar-refractivity contribution in [2.24, 2.45) is 5.92 Å². The molecule has 2 heterocycles. The Hall–Kier alpha value is -3.43. The number of aryl methyl sites for hydroxylation is 1. The molecule has 0 bridgehead atoms. The minimum atomic E-state index is -0.584. The van der Waals surface area contributed by atoms with Crippen LogP contribution in [-0.4, -0.2) is 35.5 Å². The number of aromatic nitrogens is 1. The maximum absolute atomic E-state index is 12.4. The molecule has 2 amide bonds. The van der Waals surface area contributed by atoms with Crippen molar-refractivity contribution in [2.75, 3.05) is 23.9 Å². The number of nitrogens with zero attached hydrogens (tertiary/aromatic N) is 3. The normalized spacial score (nSPS) is 16.6. The van der Waals surface area contributed by atoms with Crippen molar-refractivity contribution in [3.8, 4) is 5.75 Å². The van der Waals surface area contributed by atoms with Crippen LogP contribution in [0.2, 0.25) is 0 Å². The van der Waals surface area contributed by atoms with Crippen molar-refractivity contribution in [2.45, 2.75) is 13.3 Å². The third kappa shape index (κ3) is 3.34. The van der Waals surface area contributed by atoms with E-state index in [1.165, 1.54) is 30.2 Å². The quantitative estimate of drug-likeness (QED) is 0.637. The lowest BCUT2D eigenvalue weighted by Crippen LogP contribution is -2.28. The first-order valence-electron chi connectivity index (χ1n) is 7.76. The van der Waals surface area contributed by atoms with Crippen molar-refractivity contribution in [1.29, 1.82) is 0 Å². The number of rotatable bonds is 5. The fourth-order valence-corrected chi connectivity index (χ4v) is 2.77. The highest BCUT2D eigenvalue weighted by Gasteiger charge is 2.37. The minimum absolute atomic E-state index is 0.0167. The van der Waals surface area contributed by atoms with Crippen LogP contribution in [0.1, 0.15) is 12.2 Å². The van der Waals surface area contributed by atoms with Crippen LogP contribution < -0.4 is 15.0 Å². The zero-order chi connectivity index (χ0) is 18.8. The molecule has 1 fully saturated rings. The first-order chi connectivity index (χ1) is 12.4. The summed E-state index contributed by atoms with van der Waals surface area (Å²) in [6.45, 7) is 1.83. The van der Waals surface area contributed by atoms with Gasteiger partial charge in [0, 0.05) is 25.1 Å². The summed E-state index contributed by atoms with van der Waals surface area (Å²) in [7, 11) is 1.36. The number of methoxy groups -OCH3 is 1. The van der Waals surface area contributed by atoms with Gasteiger partial charge in [0.15, 0.2) is 5.82 Å². The molecule has 10 heteroatoms. The Morgan fingerprint density at radius 2 is 2.23 bits per heavy atom. The molecule has 1 saturated heterocycles. The van der Waals surface area contributed by atoms with Gasteiger partial charge in [-0.2, -0.15) is 0 Å². The van der Waals surface area contributed by atoms with E-state index in [2.05, 4.69) is 10.5 Å². The van der Waals surface area contributed by atoms with Crippen molar-refractivity contribution in [3.63, 3.8) is 0 Å². The number of ether oxygens (including phenoxy) is 1. The number of carbonyl (C=O) groups excluding carboxylic acids is 2. The molecular formula is C16H16N4O6. The lowest BCUT2D eigenvalue weighted by molar-refractivity contribution is -0.384. The molecular weight excluding hydrogens is 344 g/mol. The van der Waals surface area contributed by atoms with Gasteiger partial charge in [0.1, 0.15) is 11.5 Å². The first-order valence-corrected chi connectivity index (χ1v) is 7.76. The van der Waals surface area contributed by atoms with Crippen molar-refractivity contribution >= 4 is 29.0 Å². The van der Waals surface area contributed by atoms with Crippen molar-refractivity contribution in [1.82, 2.24) is 5.16 Å². The second-order valence-electron chi connectivity index (χ2n) is 5.83. The number of nitrogens with one attached hydrogen (secondary N) is 1. The van der Waals surface area contributed by atoms with Gasteiger partial charge < -0.3 is 19.5 Å². The van der Waals surface area contributed by atoms with Crippen LogP contribution in [0, 0.1) is 23.0 Å². The average molecular weight is 360 g/mol. The molecule has 1 aromatic carbocycles. The van der Waals surface area contributed by atoms with Crippen LogP contribution in [0.25, 0.3) is 0 Å². The van der Waals surface area contributed by atoms with Gasteiger partial charge in [0.2, 0.25) is 11.8 Å². The molecule has 0 saturated carbocycles. The Balaban J connectivity index is 1.77. The molecule has 2 aromatic rings. The summed E-state index contributed by atoms with van der Waals surface area (Å²) >= 11 is 0. The van der Waals surface area contributed by atoms with Gasteiger partial charge in [-0.05, 0) is 13.0 Å². The van der Waals surface area contributed by atoms with E-state index in [4.69, 9.17) is 9.26 Å². The molecule has 136 valence electrons. The molecule has 0 radical (unpaired) electrons. The Morgan fingerprint density at radius 3 is 2.85 bits per heavy atom. The largest absolute Gasteiger partial charge is 0.494 e. The third-order valence-corrected chi connectivity index (χ3v) is 4.04. The van der Waals surface area contributed by atoms with Gasteiger partial charge in [0.05, 0.1) is 29.7 Å². The highest BCUT2D eigenvalue weighted by Crippen LogP contribution is 2.35. The molecule has 1 N–H and O–H groups in total. The van der Waals surface area contributed by atoms with Crippen molar-refractivity contribution < 1.29 is 23.8 Å². The molecule has 1 aliphatic heterocycles. The Morgan fingerprint density at radius 1 is 1.46 bits per heavy atom. The topological polar surface area (TPSA) is 128 Å². The number of nitro groups is 1. The van der Waals surface area contributed by atoms with E-state index < -0.39 is 10.8 Å². The second kappa shape index (κ2) is 6.82. The van der Waals surface area contributed by atoms with Crippen LogP contribution in [-0.2, 0) is 9.59 Å². The summed E-state index contributed by atoms with van der Waals surface area (Å²) in [4.78, 5) is 36.4. The van der Waals surface area contributed by atoms with E-state index in [0.717, 1.165) is 0 Å². The fourth-order valence-electron chi connectivity index (χ4n) is 2.77. The maximum atomic E-state index is 12.4. The van der Waals surface area contributed by atoms with E-state index in [1.54, 1.807) is 13.0 Å². The average Bonchev–Trinajstić information content (AvgIpc) is 3.19. The predicted molar refractivity (Wildman–Crippen MR) is 90.0 cm³/mol. The standard InChI is InChI=1S/C16H16N4O6/c1-9-5-14(18-26-9)17-16(22)10-6-15(21)19(8-10)12-4-3-11(20(23)24)7-13(12)25-2/h3-5,7,10H,6,8H2,1-2H3,(H,17,18,22)/t10-/m0/s1. The number of benzene rings is 1. The lowest BCUT2D eigenvalue weighted by atomic mass is 10.1. The highest BCUT2D eigenvalue weighted by atomic mass is 16.6. The van der Waals surface area contributed by atoms with Gasteiger partial charge >= 0.3 is 0 Å². The van der Waals surface area contributed by atoms with Crippen LogP contribution in [0.4, 0.5) is 17.2 Å². The van der Waals surface area contributed by atoms with E-state index in [0.29, 0.717) is 11.4 Å². The summed E-state index contributed by atoms with van der Waals surface area (Å²) < 4.78 is 10.1. The number of nitro benzene ring substituents is 1. The zero-order valence-electron chi connectivity index (χ0n) is 14.1. The Kier molecular flexibility index (Phi) is 4.57. The van der Waals surface area contributed by atoms with Gasteiger partial charge in [0.25, 0.3) is 5.69 Å². The zero-order valence-corrected chi connectivity index (χ0v) is 14.1. The molecule has 1 aromatic heterocycles. The molecule has 10 nitrogen and oxygen atoms in total. The first kappa shape index (κ1) is 17.4. The van der Waals surface area contributed by atoms with Crippen LogP contribution in [0.15, 0.2) is 28.8 Å². The van der Waals surface area contributed by atoms with Crippen LogP contribution in [0.3, 0.4) is 0 Å². The maximum Gasteiger partial charge on any atom is 0.273 e.